The summed E-state index contributed by atoms with van der Waals surface area (Å²) >= 11 is 0. The van der Waals surface area contributed by atoms with Gasteiger partial charge in [-0.05, 0) is 13.3 Å². The summed E-state index contributed by atoms with van der Waals surface area (Å²) in [6.45, 7) is 3.05. The second-order valence-electron chi connectivity index (χ2n) is 2.85. The maximum atomic E-state index is 9.19. The molecule has 1 heterocycles. The molecule has 68 valence electrons. The third-order valence-corrected chi connectivity index (χ3v) is 1.90. The van der Waals surface area contributed by atoms with Gasteiger partial charge < -0.3 is 15.4 Å². The monoisotopic (exact) mass is 169 g/mol. The summed E-state index contributed by atoms with van der Waals surface area (Å²) in [4.78, 5) is 4.07. The van der Waals surface area contributed by atoms with Crippen molar-refractivity contribution in [3.05, 3.63) is 18.2 Å². The van der Waals surface area contributed by atoms with E-state index in [4.69, 9.17) is 5.73 Å². The molecule has 4 nitrogen and oxygen atoms in total. The molecule has 1 rings (SSSR count). The first-order valence-corrected chi connectivity index (χ1v) is 4.10. The zero-order valence-electron chi connectivity index (χ0n) is 7.27. The number of hydrogen-bond acceptors (Lipinski definition) is 3. The predicted molar refractivity (Wildman–Crippen MR) is 46.6 cm³/mol. The number of aryl methyl sites for hydroxylation is 2. The van der Waals surface area contributed by atoms with Gasteiger partial charge in [0.15, 0.2) is 0 Å². The lowest BCUT2D eigenvalue weighted by Crippen LogP contribution is -2.21. The molecular weight excluding hydrogens is 154 g/mol. The molecule has 0 bridgehead atoms. The molecule has 0 amide bonds. The van der Waals surface area contributed by atoms with Crippen LogP contribution in [0.2, 0.25) is 0 Å². The van der Waals surface area contributed by atoms with Gasteiger partial charge in [-0.1, -0.05) is 0 Å². The van der Waals surface area contributed by atoms with Crippen molar-refractivity contribution >= 4 is 0 Å². The highest BCUT2D eigenvalue weighted by atomic mass is 16.3. The summed E-state index contributed by atoms with van der Waals surface area (Å²) in [5.41, 5.74) is 5.27. The normalized spacial score (nSPS) is 13.2. The molecule has 0 saturated heterocycles. The molecule has 0 aliphatic rings. The largest absolute Gasteiger partial charge is 0.392 e. The highest BCUT2D eigenvalue weighted by molar-refractivity contribution is 4.88. The van der Waals surface area contributed by atoms with Crippen LogP contribution in [0.4, 0.5) is 0 Å². The third-order valence-electron chi connectivity index (χ3n) is 1.90. The van der Waals surface area contributed by atoms with E-state index in [1.165, 1.54) is 0 Å². The molecule has 1 atom stereocenters. The van der Waals surface area contributed by atoms with E-state index in [9.17, 15) is 5.11 Å². The first-order valence-electron chi connectivity index (χ1n) is 4.10. The lowest BCUT2D eigenvalue weighted by Gasteiger charge is -2.08. The van der Waals surface area contributed by atoms with Crippen molar-refractivity contribution in [1.82, 2.24) is 9.55 Å². The highest BCUT2D eigenvalue weighted by Crippen LogP contribution is 1.99. The number of aliphatic hydroxyl groups excluding tert-OH is 1. The van der Waals surface area contributed by atoms with Gasteiger partial charge in [-0.3, -0.25) is 0 Å². The SMILES string of the molecule is Cc1nccn1CCC(O)CN. The van der Waals surface area contributed by atoms with E-state index in [1.54, 1.807) is 6.20 Å². The van der Waals surface area contributed by atoms with Gasteiger partial charge in [0.2, 0.25) is 0 Å². The van der Waals surface area contributed by atoms with Crippen LogP contribution in [0.3, 0.4) is 0 Å². The Labute approximate surface area is 72.0 Å². The minimum absolute atomic E-state index is 0.327. The molecule has 1 aromatic rings. The van der Waals surface area contributed by atoms with E-state index < -0.39 is 6.10 Å². The fourth-order valence-electron chi connectivity index (χ4n) is 1.05. The fraction of sp³-hybridized carbons (Fsp3) is 0.625. The van der Waals surface area contributed by atoms with Crippen LogP contribution in [0, 0.1) is 6.92 Å². The van der Waals surface area contributed by atoms with Crippen LogP contribution in [-0.2, 0) is 6.54 Å². The summed E-state index contributed by atoms with van der Waals surface area (Å²) in [5, 5.41) is 9.19. The van der Waals surface area contributed by atoms with Gasteiger partial charge in [-0.25, -0.2) is 4.98 Å². The summed E-state index contributed by atoms with van der Waals surface area (Å²) in [7, 11) is 0. The molecule has 0 aliphatic carbocycles. The van der Waals surface area contributed by atoms with Crippen LogP contribution in [0.25, 0.3) is 0 Å². The molecule has 0 aromatic carbocycles. The molecule has 0 spiro atoms. The number of aromatic nitrogens is 2. The van der Waals surface area contributed by atoms with E-state index in [0.29, 0.717) is 13.0 Å². The number of rotatable bonds is 4. The van der Waals surface area contributed by atoms with Crippen molar-refractivity contribution in [3.63, 3.8) is 0 Å². The molecule has 4 heteroatoms. The highest BCUT2D eigenvalue weighted by Gasteiger charge is 2.02. The first kappa shape index (κ1) is 9.22. The molecule has 0 radical (unpaired) electrons. The van der Waals surface area contributed by atoms with Crippen molar-refractivity contribution in [2.24, 2.45) is 5.73 Å². The number of nitrogens with zero attached hydrogens (tertiary/aromatic N) is 2. The topological polar surface area (TPSA) is 64.1 Å². The average molecular weight is 169 g/mol. The Morgan fingerprint density at radius 1 is 1.75 bits per heavy atom. The van der Waals surface area contributed by atoms with Gasteiger partial charge in [0.25, 0.3) is 0 Å². The summed E-state index contributed by atoms with van der Waals surface area (Å²) in [6, 6.07) is 0. The molecule has 0 saturated carbocycles. The average Bonchev–Trinajstić information content (AvgIpc) is 2.47. The maximum Gasteiger partial charge on any atom is 0.105 e. The van der Waals surface area contributed by atoms with Crippen LogP contribution in [0.5, 0.6) is 0 Å². The summed E-state index contributed by atoms with van der Waals surface area (Å²) in [6.07, 6.45) is 3.95. The zero-order chi connectivity index (χ0) is 8.97. The summed E-state index contributed by atoms with van der Waals surface area (Å²) in [5.74, 6) is 0.972. The van der Waals surface area contributed by atoms with Gasteiger partial charge in [0.05, 0.1) is 6.10 Å². The smallest absolute Gasteiger partial charge is 0.105 e. The van der Waals surface area contributed by atoms with E-state index in [1.807, 2.05) is 17.7 Å². The second-order valence-corrected chi connectivity index (χ2v) is 2.85. The molecule has 1 aromatic heterocycles. The quantitative estimate of drug-likeness (QED) is 0.661. The van der Waals surface area contributed by atoms with Crippen molar-refractivity contribution in [1.29, 1.82) is 0 Å². The van der Waals surface area contributed by atoms with Gasteiger partial charge in [0, 0.05) is 25.5 Å². The molecular formula is C8H15N3O. The first-order chi connectivity index (χ1) is 5.74. The van der Waals surface area contributed by atoms with Crippen molar-refractivity contribution < 1.29 is 5.11 Å². The van der Waals surface area contributed by atoms with E-state index in [2.05, 4.69) is 4.98 Å². The molecule has 0 aliphatic heterocycles. The van der Waals surface area contributed by atoms with E-state index in [-0.39, 0.29) is 0 Å². The summed E-state index contributed by atoms with van der Waals surface area (Å²) < 4.78 is 2.00. The lowest BCUT2D eigenvalue weighted by atomic mass is 10.2. The lowest BCUT2D eigenvalue weighted by molar-refractivity contribution is 0.166. The van der Waals surface area contributed by atoms with Crippen LogP contribution < -0.4 is 5.73 Å². The fourth-order valence-corrected chi connectivity index (χ4v) is 1.05. The Morgan fingerprint density at radius 3 is 3.00 bits per heavy atom. The molecule has 3 N–H and O–H groups in total. The molecule has 1 unspecified atom stereocenters. The number of aliphatic hydroxyl groups is 1. The number of nitrogens with two attached hydrogens (primary N) is 1. The number of hydrogen-bond donors (Lipinski definition) is 2. The van der Waals surface area contributed by atoms with Gasteiger partial charge in [-0.15, -0.1) is 0 Å². The van der Waals surface area contributed by atoms with Crippen molar-refractivity contribution in [2.45, 2.75) is 26.0 Å². The Bertz CT molecular complexity index is 234. The van der Waals surface area contributed by atoms with Crippen molar-refractivity contribution in [2.75, 3.05) is 6.54 Å². The Kier molecular flexibility index (Phi) is 3.25. The van der Waals surface area contributed by atoms with Crippen LogP contribution in [-0.4, -0.2) is 27.3 Å². The second kappa shape index (κ2) is 4.23. The van der Waals surface area contributed by atoms with Gasteiger partial charge in [0.1, 0.15) is 5.82 Å². The Hall–Kier alpha value is -0.870. The predicted octanol–water partition coefficient (Wildman–Crippen LogP) is -0.0988. The van der Waals surface area contributed by atoms with Gasteiger partial charge >= 0.3 is 0 Å². The standard InChI is InChI=1S/C8H15N3O/c1-7-10-3-5-11(7)4-2-8(12)6-9/h3,5,8,12H,2,4,6,9H2,1H3. The maximum absolute atomic E-state index is 9.19. The molecule has 12 heavy (non-hydrogen) atoms. The molecule has 0 fully saturated rings. The van der Waals surface area contributed by atoms with E-state index >= 15 is 0 Å². The van der Waals surface area contributed by atoms with Crippen molar-refractivity contribution in [3.8, 4) is 0 Å². The number of imidazole rings is 1. The zero-order valence-corrected chi connectivity index (χ0v) is 7.27. The van der Waals surface area contributed by atoms with E-state index in [0.717, 1.165) is 12.4 Å². The minimum Gasteiger partial charge on any atom is -0.392 e. The Balaban J connectivity index is 2.38. The minimum atomic E-state index is -0.396. The van der Waals surface area contributed by atoms with Crippen LogP contribution >= 0.6 is 0 Å². The van der Waals surface area contributed by atoms with Crippen LogP contribution in [0.15, 0.2) is 12.4 Å². The Morgan fingerprint density at radius 2 is 2.50 bits per heavy atom. The van der Waals surface area contributed by atoms with Gasteiger partial charge in [-0.2, -0.15) is 0 Å². The third kappa shape index (κ3) is 2.32. The van der Waals surface area contributed by atoms with Crippen LogP contribution in [0.1, 0.15) is 12.2 Å².